The molecule has 6 nitrogen and oxygen atoms in total. The number of rotatable bonds is 5. The fraction of sp³-hybridized carbons (Fsp3) is 0.222. The number of methoxy groups -OCH3 is 2. The Kier molecular flexibility index (Phi) is 4.37. The van der Waals surface area contributed by atoms with Crippen LogP contribution in [0, 0.1) is 0 Å². The van der Waals surface area contributed by atoms with Gasteiger partial charge in [-0.05, 0) is 30.3 Å². The Morgan fingerprint density at radius 2 is 1.96 bits per heavy atom. The maximum absolute atomic E-state index is 11.9. The van der Waals surface area contributed by atoms with E-state index in [1.54, 1.807) is 14.2 Å². The van der Waals surface area contributed by atoms with Crippen LogP contribution in [0.4, 0.5) is 5.82 Å². The van der Waals surface area contributed by atoms with Gasteiger partial charge in [0.15, 0.2) is 11.5 Å². The average Bonchev–Trinajstić information content (AvgIpc) is 2.99. The maximum Gasteiger partial charge on any atom is 0.225 e. The summed E-state index contributed by atoms with van der Waals surface area (Å²) in [4.78, 5) is 16.6. The number of imidazole rings is 1. The number of pyridine rings is 1. The van der Waals surface area contributed by atoms with Crippen molar-refractivity contribution in [3.05, 3.63) is 42.6 Å². The van der Waals surface area contributed by atoms with Gasteiger partial charge in [-0.15, -0.1) is 0 Å². The highest BCUT2D eigenvalue weighted by Crippen LogP contribution is 2.35. The van der Waals surface area contributed by atoms with Gasteiger partial charge in [-0.3, -0.25) is 9.20 Å². The zero-order valence-electron chi connectivity index (χ0n) is 13.9. The predicted molar refractivity (Wildman–Crippen MR) is 92.7 cm³/mol. The minimum Gasteiger partial charge on any atom is -0.493 e. The van der Waals surface area contributed by atoms with E-state index < -0.39 is 0 Å². The van der Waals surface area contributed by atoms with Gasteiger partial charge in [0.1, 0.15) is 17.2 Å². The smallest absolute Gasteiger partial charge is 0.225 e. The van der Waals surface area contributed by atoms with Crippen LogP contribution in [0.25, 0.3) is 16.9 Å². The molecular weight excluding hydrogens is 306 g/mol. The van der Waals surface area contributed by atoms with Crippen molar-refractivity contribution in [2.75, 3.05) is 19.5 Å². The summed E-state index contributed by atoms with van der Waals surface area (Å²) in [6.45, 7) is 1.81. The van der Waals surface area contributed by atoms with E-state index in [1.807, 2.05) is 53.9 Å². The summed E-state index contributed by atoms with van der Waals surface area (Å²) in [6, 6.07) is 11.3. The van der Waals surface area contributed by atoms with E-state index in [0.717, 1.165) is 11.2 Å². The minimum atomic E-state index is -0.0672. The second-order valence-electron chi connectivity index (χ2n) is 5.21. The van der Waals surface area contributed by atoms with Crippen LogP contribution in [0.5, 0.6) is 11.5 Å². The molecule has 0 unspecified atom stereocenters. The van der Waals surface area contributed by atoms with Gasteiger partial charge in [0.2, 0.25) is 5.91 Å². The second kappa shape index (κ2) is 6.62. The van der Waals surface area contributed by atoms with E-state index in [2.05, 4.69) is 10.3 Å². The molecule has 0 atom stereocenters. The third-order valence-electron chi connectivity index (χ3n) is 3.77. The lowest BCUT2D eigenvalue weighted by Crippen LogP contribution is -2.12. The molecule has 2 heterocycles. The van der Waals surface area contributed by atoms with Gasteiger partial charge < -0.3 is 14.8 Å². The number of nitrogens with one attached hydrogen (secondary N) is 1. The molecule has 0 radical (unpaired) electrons. The van der Waals surface area contributed by atoms with Crippen molar-refractivity contribution < 1.29 is 14.3 Å². The molecule has 6 heteroatoms. The van der Waals surface area contributed by atoms with Gasteiger partial charge in [-0.25, -0.2) is 4.98 Å². The predicted octanol–water partition coefficient (Wildman–Crippen LogP) is 3.37. The van der Waals surface area contributed by atoms with E-state index in [9.17, 15) is 4.79 Å². The molecule has 0 aliphatic carbocycles. The second-order valence-corrected chi connectivity index (χ2v) is 5.21. The van der Waals surface area contributed by atoms with Gasteiger partial charge in [0.05, 0.1) is 14.2 Å². The number of carbonyl (C=O) groups excluding carboxylic acids is 1. The Hall–Kier alpha value is -3.02. The van der Waals surface area contributed by atoms with Crippen molar-refractivity contribution >= 4 is 17.4 Å². The highest BCUT2D eigenvalue weighted by atomic mass is 16.5. The first kappa shape index (κ1) is 15.9. The molecule has 0 spiro atoms. The van der Waals surface area contributed by atoms with Crippen molar-refractivity contribution in [2.24, 2.45) is 0 Å². The summed E-state index contributed by atoms with van der Waals surface area (Å²) in [7, 11) is 3.18. The Balaban J connectivity index is 2.18. The van der Waals surface area contributed by atoms with Crippen LogP contribution in [0.2, 0.25) is 0 Å². The molecule has 3 rings (SSSR count). The third-order valence-corrected chi connectivity index (χ3v) is 3.77. The molecule has 1 amide bonds. The van der Waals surface area contributed by atoms with Crippen molar-refractivity contribution in [1.82, 2.24) is 9.38 Å². The van der Waals surface area contributed by atoms with Crippen LogP contribution in [0.1, 0.15) is 13.3 Å². The zero-order chi connectivity index (χ0) is 17.1. The molecular formula is C18H19N3O3. The van der Waals surface area contributed by atoms with Crippen molar-refractivity contribution in [2.45, 2.75) is 13.3 Å². The summed E-state index contributed by atoms with van der Waals surface area (Å²) < 4.78 is 12.5. The number of hydrogen-bond donors (Lipinski definition) is 1. The molecule has 124 valence electrons. The van der Waals surface area contributed by atoms with Crippen LogP contribution in [-0.2, 0) is 4.79 Å². The fourth-order valence-electron chi connectivity index (χ4n) is 2.52. The average molecular weight is 325 g/mol. The van der Waals surface area contributed by atoms with Gasteiger partial charge >= 0.3 is 0 Å². The molecule has 1 aromatic carbocycles. The fourth-order valence-corrected chi connectivity index (χ4v) is 2.52. The largest absolute Gasteiger partial charge is 0.493 e. The molecule has 0 fully saturated rings. The van der Waals surface area contributed by atoms with Crippen LogP contribution >= 0.6 is 0 Å². The lowest BCUT2D eigenvalue weighted by atomic mass is 10.1. The number of ether oxygens (including phenoxy) is 2. The topological polar surface area (TPSA) is 64.9 Å². The monoisotopic (exact) mass is 325 g/mol. The Labute approximate surface area is 140 Å². The van der Waals surface area contributed by atoms with E-state index in [-0.39, 0.29) is 5.91 Å². The van der Waals surface area contributed by atoms with E-state index in [4.69, 9.17) is 9.47 Å². The number of amides is 1. The first-order chi connectivity index (χ1) is 11.7. The van der Waals surface area contributed by atoms with Crippen LogP contribution in [0.3, 0.4) is 0 Å². The number of aromatic nitrogens is 2. The molecule has 24 heavy (non-hydrogen) atoms. The van der Waals surface area contributed by atoms with Crippen LogP contribution in [-0.4, -0.2) is 29.5 Å². The third kappa shape index (κ3) is 2.78. The molecule has 0 saturated carbocycles. The van der Waals surface area contributed by atoms with Crippen molar-refractivity contribution in [3.8, 4) is 22.8 Å². The van der Waals surface area contributed by atoms with E-state index in [1.165, 1.54) is 0 Å². The summed E-state index contributed by atoms with van der Waals surface area (Å²) in [5, 5.41) is 2.94. The molecule has 3 aromatic rings. The lowest BCUT2D eigenvalue weighted by Gasteiger charge is -2.10. The summed E-state index contributed by atoms with van der Waals surface area (Å²) in [6.07, 6.45) is 2.27. The first-order valence-electron chi connectivity index (χ1n) is 7.67. The van der Waals surface area contributed by atoms with E-state index in [0.29, 0.717) is 29.4 Å². The van der Waals surface area contributed by atoms with Gasteiger partial charge in [0, 0.05) is 18.2 Å². The zero-order valence-corrected chi connectivity index (χ0v) is 13.9. The van der Waals surface area contributed by atoms with Gasteiger partial charge in [-0.2, -0.15) is 0 Å². The molecule has 0 aliphatic heterocycles. The van der Waals surface area contributed by atoms with Crippen molar-refractivity contribution in [1.29, 1.82) is 0 Å². The van der Waals surface area contributed by atoms with E-state index >= 15 is 0 Å². The first-order valence-corrected chi connectivity index (χ1v) is 7.67. The number of anilines is 1. The highest BCUT2D eigenvalue weighted by molar-refractivity contribution is 5.94. The summed E-state index contributed by atoms with van der Waals surface area (Å²) in [5.74, 6) is 1.83. The van der Waals surface area contributed by atoms with Crippen LogP contribution < -0.4 is 14.8 Å². The number of benzene rings is 1. The summed E-state index contributed by atoms with van der Waals surface area (Å²) >= 11 is 0. The Bertz CT molecular complexity index is 886. The minimum absolute atomic E-state index is 0.0672. The molecule has 0 saturated heterocycles. The van der Waals surface area contributed by atoms with Crippen molar-refractivity contribution in [3.63, 3.8) is 0 Å². The number of fused-ring (bicyclic) bond motifs is 1. The lowest BCUT2D eigenvalue weighted by molar-refractivity contribution is -0.115. The number of carbonyl (C=O) groups is 1. The Morgan fingerprint density at radius 3 is 2.67 bits per heavy atom. The molecule has 1 N–H and O–H groups in total. The van der Waals surface area contributed by atoms with Gasteiger partial charge in [0.25, 0.3) is 0 Å². The number of nitrogens with zero attached hydrogens (tertiary/aromatic N) is 2. The molecule has 0 aliphatic rings. The maximum atomic E-state index is 11.9. The Morgan fingerprint density at radius 1 is 1.17 bits per heavy atom. The molecule has 2 aromatic heterocycles. The summed E-state index contributed by atoms with van der Waals surface area (Å²) in [5.41, 5.74) is 2.28. The van der Waals surface area contributed by atoms with Crippen LogP contribution in [0.15, 0.2) is 42.6 Å². The highest BCUT2D eigenvalue weighted by Gasteiger charge is 2.17. The quantitative estimate of drug-likeness (QED) is 0.781. The number of hydrogen-bond acceptors (Lipinski definition) is 4. The normalized spacial score (nSPS) is 10.6. The van der Waals surface area contributed by atoms with Gasteiger partial charge in [-0.1, -0.05) is 13.0 Å². The SMILES string of the molecule is CCC(=O)Nc1c(-c2ccc(OC)c(OC)c2)nc2ccccn12. The standard InChI is InChI=1S/C18H19N3O3/c1-4-16(22)20-18-17(19-15-7-5-6-10-21(15)18)12-8-9-13(23-2)14(11-12)24-3/h5-11H,4H2,1-3H3,(H,20,22). The molecule has 0 bridgehead atoms.